The third-order valence-corrected chi connectivity index (χ3v) is 3.43. The van der Waals surface area contributed by atoms with Crippen LogP contribution in [0.25, 0.3) is 0 Å². The molecular formula is C14H21N2OS+. The van der Waals surface area contributed by atoms with E-state index in [2.05, 4.69) is 36.3 Å². The Morgan fingerprint density at radius 2 is 2.06 bits per heavy atom. The maximum atomic E-state index is 10.3. The summed E-state index contributed by atoms with van der Waals surface area (Å²) in [6.07, 6.45) is 0.529. The Hall–Kier alpha value is -1.06. The first-order valence-electron chi connectivity index (χ1n) is 6.25. The number of hydrogen-bond acceptors (Lipinski definition) is 3. The molecule has 1 aromatic rings. The Labute approximate surface area is 114 Å². The summed E-state index contributed by atoms with van der Waals surface area (Å²) in [6.45, 7) is 3.75. The maximum absolute atomic E-state index is 10.3. The Morgan fingerprint density at radius 1 is 1.39 bits per heavy atom. The van der Waals surface area contributed by atoms with E-state index >= 15 is 0 Å². The predicted molar refractivity (Wildman–Crippen MR) is 77.1 cm³/mol. The van der Waals surface area contributed by atoms with Gasteiger partial charge in [0.1, 0.15) is 12.1 Å². The lowest BCUT2D eigenvalue weighted by Crippen LogP contribution is -3.13. The first kappa shape index (κ1) is 15.0. The number of isothiocyanates is 1. The van der Waals surface area contributed by atoms with Crippen LogP contribution in [0.1, 0.15) is 25.0 Å². The molecule has 0 aliphatic carbocycles. The van der Waals surface area contributed by atoms with Gasteiger partial charge in [0, 0.05) is 6.42 Å². The number of aliphatic hydroxyl groups is 1. The molecule has 0 heterocycles. The van der Waals surface area contributed by atoms with Gasteiger partial charge in [-0.1, -0.05) is 30.3 Å². The number of thiocarbonyl (C=S) groups is 1. The number of benzene rings is 1. The van der Waals surface area contributed by atoms with E-state index in [4.69, 9.17) is 0 Å². The average Bonchev–Trinajstić information content (AvgIpc) is 2.42. The quantitative estimate of drug-likeness (QED) is 0.440. The Kier molecular flexibility index (Phi) is 6.76. The lowest BCUT2D eigenvalue weighted by Gasteiger charge is -2.26. The second-order valence-corrected chi connectivity index (χ2v) is 4.75. The number of likely N-dealkylation sites (N-methyl/N-ethyl adjacent to an activating group) is 1. The van der Waals surface area contributed by atoms with Gasteiger partial charge in [0.15, 0.2) is 0 Å². The molecule has 1 rings (SSSR count). The monoisotopic (exact) mass is 265 g/mol. The van der Waals surface area contributed by atoms with Crippen molar-refractivity contribution in [1.82, 2.24) is 0 Å². The Balaban J connectivity index is 2.47. The first-order valence-corrected chi connectivity index (χ1v) is 6.66. The number of nitrogens with one attached hydrogen (secondary N) is 1. The van der Waals surface area contributed by atoms with Crippen molar-refractivity contribution in [3.8, 4) is 0 Å². The summed E-state index contributed by atoms with van der Waals surface area (Å²) >= 11 is 4.52. The lowest BCUT2D eigenvalue weighted by molar-refractivity contribution is -0.908. The molecule has 0 aliphatic heterocycles. The van der Waals surface area contributed by atoms with Crippen LogP contribution in [-0.2, 0) is 0 Å². The molecule has 0 amide bonds. The molecule has 0 aromatic heterocycles. The van der Waals surface area contributed by atoms with Crippen molar-refractivity contribution in [3.05, 3.63) is 35.9 Å². The molecule has 98 valence electrons. The summed E-state index contributed by atoms with van der Waals surface area (Å²) in [4.78, 5) is 5.19. The van der Waals surface area contributed by atoms with Gasteiger partial charge in [0.25, 0.3) is 0 Å². The van der Waals surface area contributed by atoms with Crippen LogP contribution in [0, 0.1) is 0 Å². The zero-order chi connectivity index (χ0) is 13.4. The van der Waals surface area contributed by atoms with Gasteiger partial charge in [-0.05, 0) is 24.7 Å². The molecule has 0 bridgehead atoms. The molecule has 0 radical (unpaired) electrons. The zero-order valence-electron chi connectivity index (χ0n) is 11.0. The average molecular weight is 265 g/mol. The summed E-state index contributed by atoms with van der Waals surface area (Å²) in [5.74, 6) is 0. The highest BCUT2D eigenvalue weighted by atomic mass is 32.1. The maximum Gasteiger partial charge on any atom is 0.130 e. The van der Waals surface area contributed by atoms with Gasteiger partial charge in [-0.25, -0.2) is 4.99 Å². The minimum Gasteiger partial charge on any atom is -0.382 e. The summed E-state index contributed by atoms with van der Waals surface area (Å²) < 4.78 is 0. The topological polar surface area (TPSA) is 37.0 Å². The standard InChI is InChI=1S/C14H20N2OS/c1-12(16(2)10-6-9-15-11-18)14(17)13-7-4-3-5-8-13/h3-5,7-8,12,14,17H,6,9-10H2,1-2H3/p+1/t12-,14-/m1/s1. The van der Waals surface area contributed by atoms with E-state index in [0.29, 0.717) is 0 Å². The minimum atomic E-state index is -0.430. The molecule has 0 spiro atoms. The van der Waals surface area contributed by atoms with Crippen LogP contribution in [0.3, 0.4) is 0 Å². The van der Waals surface area contributed by atoms with Gasteiger partial charge in [-0.2, -0.15) is 0 Å². The molecule has 0 saturated heterocycles. The summed E-state index contributed by atoms with van der Waals surface area (Å²) in [6, 6.07) is 9.95. The van der Waals surface area contributed by atoms with Crippen molar-refractivity contribution in [2.75, 3.05) is 20.1 Å². The molecule has 0 aliphatic rings. The van der Waals surface area contributed by atoms with Crippen LogP contribution in [0.4, 0.5) is 0 Å². The van der Waals surface area contributed by atoms with Crippen LogP contribution >= 0.6 is 12.2 Å². The van der Waals surface area contributed by atoms with Gasteiger partial charge in [-0.15, -0.1) is 0 Å². The largest absolute Gasteiger partial charge is 0.382 e. The van der Waals surface area contributed by atoms with E-state index in [1.54, 1.807) is 0 Å². The van der Waals surface area contributed by atoms with Crippen LogP contribution < -0.4 is 4.90 Å². The van der Waals surface area contributed by atoms with E-state index in [1.165, 1.54) is 4.90 Å². The highest BCUT2D eigenvalue weighted by Gasteiger charge is 2.23. The minimum absolute atomic E-state index is 0.156. The van der Waals surface area contributed by atoms with E-state index in [1.807, 2.05) is 30.3 Å². The van der Waals surface area contributed by atoms with Crippen molar-refractivity contribution in [2.24, 2.45) is 4.99 Å². The van der Waals surface area contributed by atoms with Crippen molar-refractivity contribution < 1.29 is 10.0 Å². The molecule has 1 aromatic carbocycles. The third kappa shape index (κ3) is 4.67. The van der Waals surface area contributed by atoms with Crippen molar-refractivity contribution in [3.63, 3.8) is 0 Å². The highest BCUT2D eigenvalue weighted by molar-refractivity contribution is 7.78. The fraction of sp³-hybridized carbons (Fsp3) is 0.500. The number of rotatable bonds is 7. The predicted octanol–water partition coefficient (Wildman–Crippen LogP) is 1.12. The Morgan fingerprint density at radius 3 is 2.67 bits per heavy atom. The summed E-state index contributed by atoms with van der Waals surface area (Å²) in [7, 11) is 2.10. The zero-order valence-corrected chi connectivity index (χ0v) is 11.8. The van der Waals surface area contributed by atoms with Crippen LogP contribution in [0.5, 0.6) is 0 Å². The van der Waals surface area contributed by atoms with Crippen molar-refractivity contribution >= 4 is 17.4 Å². The van der Waals surface area contributed by atoms with Gasteiger partial charge in [0.05, 0.1) is 25.3 Å². The van der Waals surface area contributed by atoms with E-state index in [9.17, 15) is 5.11 Å². The van der Waals surface area contributed by atoms with Crippen LogP contribution in [0.2, 0.25) is 0 Å². The number of aliphatic imine (C=N–C) groups is 1. The molecule has 2 N–H and O–H groups in total. The molecule has 4 heteroatoms. The second kappa shape index (κ2) is 8.11. The van der Waals surface area contributed by atoms with E-state index in [-0.39, 0.29) is 6.04 Å². The molecule has 3 atom stereocenters. The number of aliphatic hydroxyl groups excluding tert-OH is 1. The third-order valence-electron chi connectivity index (χ3n) is 3.30. The summed E-state index contributed by atoms with van der Waals surface area (Å²) in [5.41, 5.74) is 0.973. The van der Waals surface area contributed by atoms with E-state index in [0.717, 1.165) is 25.1 Å². The number of nitrogens with zero attached hydrogens (tertiary/aromatic N) is 1. The smallest absolute Gasteiger partial charge is 0.130 e. The van der Waals surface area contributed by atoms with Gasteiger partial charge in [0.2, 0.25) is 0 Å². The first-order chi connectivity index (χ1) is 8.66. The molecule has 1 unspecified atom stereocenters. The Bertz CT molecular complexity index is 390. The molecule has 18 heavy (non-hydrogen) atoms. The van der Waals surface area contributed by atoms with E-state index < -0.39 is 6.10 Å². The van der Waals surface area contributed by atoms with Crippen molar-refractivity contribution in [2.45, 2.75) is 25.5 Å². The normalized spacial score (nSPS) is 15.5. The van der Waals surface area contributed by atoms with Gasteiger partial charge >= 0.3 is 0 Å². The second-order valence-electron chi connectivity index (χ2n) is 4.57. The SMILES string of the molecule is C[C@H]([C@@H](O)c1ccccc1)[NH+](C)CCCN=C=S. The van der Waals surface area contributed by atoms with Gasteiger partial charge in [-0.3, -0.25) is 0 Å². The van der Waals surface area contributed by atoms with Crippen molar-refractivity contribution in [1.29, 1.82) is 0 Å². The van der Waals surface area contributed by atoms with Crippen LogP contribution in [-0.4, -0.2) is 36.4 Å². The van der Waals surface area contributed by atoms with Crippen LogP contribution in [0.15, 0.2) is 35.3 Å². The highest BCUT2D eigenvalue weighted by Crippen LogP contribution is 2.14. The molecule has 3 nitrogen and oxygen atoms in total. The number of hydrogen-bond donors (Lipinski definition) is 2. The molecular weight excluding hydrogens is 244 g/mol. The lowest BCUT2D eigenvalue weighted by atomic mass is 10.0. The number of quaternary nitrogens is 1. The molecule has 0 saturated carbocycles. The summed E-state index contributed by atoms with van der Waals surface area (Å²) in [5, 5.41) is 12.7. The molecule has 0 fully saturated rings. The fourth-order valence-electron chi connectivity index (χ4n) is 1.92. The fourth-order valence-corrected chi connectivity index (χ4v) is 2.01. The van der Waals surface area contributed by atoms with Gasteiger partial charge < -0.3 is 10.0 Å².